The van der Waals surface area contributed by atoms with E-state index in [1.165, 1.54) is 0 Å². The molecular weight excluding hydrogens is 356 g/mol. The molecular formula is C22H28N2O4. The lowest BCUT2D eigenvalue weighted by Crippen LogP contribution is -2.48. The molecule has 150 valence electrons. The number of amides is 1. The lowest BCUT2D eigenvalue weighted by atomic mass is 9.95. The molecule has 1 N–H and O–H groups in total. The SMILES string of the molecule is COc1cccc(-c2cncc(OCC3(N(CC(C)(C)C)C(=O)O)CC3)c2)c1. The Hall–Kier alpha value is -2.76. The van der Waals surface area contributed by atoms with E-state index in [0.29, 0.717) is 18.9 Å². The van der Waals surface area contributed by atoms with Crippen molar-refractivity contribution in [3.05, 3.63) is 42.7 Å². The molecule has 1 aliphatic carbocycles. The van der Waals surface area contributed by atoms with Crippen molar-refractivity contribution >= 4 is 6.09 Å². The van der Waals surface area contributed by atoms with E-state index < -0.39 is 11.6 Å². The average molecular weight is 384 g/mol. The van der Waals surface area contributed by atoms with E-state index in [1.807, 2.05) is 51.1 Å². The second kappa shape index (κ2) is 7.70. The molecule has 0 aliphatic heterocycles. The summed E-state index contributed by atoms with van der Waals surface area (Å²) in [5.41, 5.74) is 1.36. The largest absolute Gasteiger partial charge is 0.497 e. The van der Waals surface area contributed by atoms with E-state index in [4.69, 9.17) is 9.47 Å². The Labute approximate surface area is 166 Å². The number of aromatic nitrogens is 1. The summed E-state index contributed by atoms with van der Waals surface area (Å²) in [7, 11) is 1.64. The Morgan fingerprint density at radius 3 is 2.50 bits per heavy atom. The number of methoxy groups -OCH3 is 1. The number of hydrogen-bond donors (Lipinski definition) is 1. The van der Waals surface area contributed by atoms with Gasteiger partial charge in [-0.15, -0.1) is 0 Å². The van der Waals surface area contributed by atoms with Crippen molar-refractivity contribution in [2.24, 2.45) is 5.41 Å². The molecule has 1 aromatic heterocycles. The highest BCUT2D eigenvalue weighted by Gasteiger charge is 2.52. The zero-order chi connectivity index (χ0) is 20.4. The monoisotopic (exact) mass is 384 g/mol. The van der Waals surface area contributed by atoms with Gasteiger partial charge in [-0.2, -0.15) is 0 Å². The Kier molecular flexibility index (Phi) is 5.49. The highest BCUT2D eigenvalue weighted by Crippen LogP contribution is 2.43. The third-order valence-electron chi connectivity index (χ3n) is 4.89. The van der Waals surface area contributed by atoms with Crippen LogP contribution in [-0.2, 0) is 0 Å². The second-order valence-corrected chi connectivity index (χ2v) is 8.58. The Bertz CT molecular complexity index is 840. The standard InChI is InChI=1S/C22H28N2O4/c1-21(2,3)14-24(20(25)26)22(8-9-22)15-28-19-11-17(12-23-13-19)16-6-5-7-18(10-16)27-4/h5-7,10-13H,8-9,14-15H2,1-4H3,(H,25,26). The predicted molar refractivity (Wildman–Crippen MR) is 108 cm³/mol. The number of hydrogen-bond acceptors (Lipinski definition) is 4. The Balaban J connectivity index is 1.73. The highest BCUT2D eigenvalue weighted by molar-refractivity contribution is 5.67. The van der Waals surface area contributed by atoms with Crippen LogP contribution in [0.15, 0.2) is 42.7 Å². The van der Waals surface area contributed by atoms with Gasteiger partial charge in [0.1, 0.15) is 18.1 Å². The van der Waals surface area contributed by atoms with Crippen molar-refractivity contribution in [3.63, 3.8) is 0 Å². The van der Waals surface area contributed by atoms with Gasteiger partial charge in [-0.1, -0.05) is 32.9 Å². The van der Waals surface area contributed by atoms with Crippen molar-refractivity contribution in [3.8, 4) is 22.6 Å². The fourth-order valence-electron chi connectivity index (χ4n) is 3.22. The van der Waals surface area contributed by atoms with E-state index in [1.54, 1.807) is 24.4 Å². The molecule has 6 nitrogen and oxygen atoms in total. The van der Waals surface area contributed by atoms with Crippen LogP contribution in [0.2, 0.25) is 0 Å². The molecule has 0 spiro atoms. The predicted octanol–water partition coefficient (Wildman–Crippen LogP) is 4.69. The lowest BCUT2D eigenvalue weighted by molar-refractivity contribution is 0.0719. The highest BCUT2D eigenvalue weighted by atomic mass is 16.5. The summed E-state index contributed by atoms with van der Waals surface area (Å²) in [5.74, 6) is 1.41. The number of carbonyl (C=O) groups is 1. The number of ether oxygens (including phenoxy) is 2. The molecule has 1 aromatic carbocycles. The normalized spacial score (nSPS) is 15.0. The summed E-state index contributed by atoms with van der Waals surface area (Å²) in [4.78, 5) is 17.7. The van der Waals surface area contributed by atoms with Crippen molar-refractivity contribution in [1.82, 2.24) is 9.88 Å². The maximum atomic E-state index is 11.8. The summed E-state index contributed by atoms with van der Waals surface area (Å²) in [6.45, 7) is 6.94. The van der Waals surface area contributed by atoms with Crippen LogP contribution in [0.3, 0.4) is 0 Å². The van der Waals surface area contributed by atoms with Gasteiger partial charge in [0.15, 0.2) is 0 Å². The maximum Gasteiger partial charge on any atom is 0.407 e. The van der Waals surface area contributed by atoms with E-state index in [0.717, 1.165) is 29.7 Å². The van der Waals surface area contributed by atoms with E-state index in [9.17, 15) is 9.90 Å². The van der Waals surface area contributed by atoms with Crippen LogP contribution in [-0.4, -0.2) is 46.9 Å². The first-order valence-electron chi connectivity index (χ1n) is 9.45. The molecule has 6 heteroatoms. The minimum absolute atomic E-state index is 0.109. The fourth-order valence-corrected chi connectivity index (χ4v) is 3.22. The molecule has 1 heterocycles. The van der Waals surface area contributed by atoms with Gasteiger partial charge < -0.3 is 14.6 Å². The lowest BCUT2D eigenvalue weighted by Gasteiger charge is -2.34. The van der Waals surface area contributed by atoms with Crippen molar-refractivity contribution in [2.45, 2.75) is 39.2 Å². The van der Waals surface area contributed by atoms with Gasteiger partial charge in [-0.25, -0.2) is 4.79 Å². The third-order valence-corrected chi connectivity index (χ3v) is 4.89. The zero-order valence-electron chi connectivity index (χ0n) is 16.9. The number of nitrogens with zero attached hydrogens (tertiary/aromatic N) is 2. The first-order chi connectivity index (χ1) is 13.2. The van der Waals surface area contributed by atoms with E-state index >= 15 is 0 Å². The summed E-state index contributed by atoms with van der Waals surface area (Å²) < 4.78 is 11.3. The molecule has 0 atom stereocenters. The first-order valence-corrected chi connectivity index (χ1v) is 9.45. The molecule has 0 saturated heterocycles. The van der Waals surface area contributed by atoms with Gasteiger partial charge >= 0.3 is 6.09 Å². The Morgan fingerprint density at radius 2 is 1.89 bits per heavy atom. The molecule has 1 saturated carbocycles. The van der Waals surface area contributed by atoms with Crippen LogP contribution in [0.25, 0.3) is 11.1 Å². The fraction of sp³-hybridized carbons (Fsp3) is 0.455. The molecule has 1 aliphatic rings. The smallest absolute Gasteiger partial charge is 0.407 e. The number of rotatable bonds is 7. The van der Waals surface area contributed by atoms with Crippen LogP contribution >= 0.6 is 0 Å². The molecule has 2 aromatic rings. The van der Waals surface area contributed by atoms with E-state index in [2.05, 4.69) is 4.98 Å². The summed E-state index contributed by atoms with van der Waals surface area (Å²) in [6, 6.07) is 9.68. The van der Waals surface area contributed by atoms with Crippen LogP contribution in [0, 0.1) is 5.41 Å². The summed E-state index contributed by atoms with van der Waals surface area (Å²) in [5, 5.41) is 9.70. The average Bonchev–Trinajstić information content (AvgIpc) is 3.45. The van der Waals surface area contributed by atoms with Gasteiger partial charge in [-0.05, 0) is 42.0 Å². The zero-order valence-corrected chi connectivity index (χ0v) is 16.9. The van der Waals surface area contributed by atoms with Gasteiger partial charge in [0, 0.05) is 18.3 Å². The van der Waals surface area contributed by atoms with Gasteiger partial charge in [0.25, 0.3) is 0 Å². The molecule has 0 bridgehead atoms. The van der Waals surface area contributed by atoms with Gasteiger partial charge in [-0.3, -0.25) is 9.88 Å². The number of pyridine rings is 1. The minimum atomic E-state index is -0.890. The second-order valence-electron chi connectivity index (χ2n) is 8.58. The summed E-state index contributed by atoms with van der Waals surface area (Å²) >= 11 is 0. The first kappa shape index (κ1) is 20.0. The van der Waals surface area contributed by atoms with Crippen LogP contribution in [0.5, 0.6) is 11.5 Å². The molecule has 1 fully saturated rings. The topological polar surface area (TPSA) is 71.9 Å². The maximum absolute atomic E-state index is 11.8. The van der Waals surface area contributed by atoms with Crippen molar-refractivity contribution < 1.29 is 19.4 Å². The van der Waals surface area contributed by atoms with E-state index in [-0.39, 0.29) is 5.41 Å². The van der Waals surface area contributed by atoms with Crippen LogP contribution in [0.1, 0.15) is 33.6 Å². The molecule has 28 heavy (non-hydrogen) atoms. The molecule has 3 rings (SSSR count). The minimum Gasteiger partial charge on any atom is -0.497 e. The quantitative estimate of drug-likeness (QED) is 0.749. The van der Waals surface area contributed by atoms with Crippen molar-refractivity contribution in [2.75, 3.05) is 20.3 Å². The van der Waals surface area contributed by atoms with Crippen LogP contribution < -0.4 is 9.47 Å². The van der Waals surface area contributed by atoms with Crippen LogP contribution in [0.4, 0.5) is 4.79 Å². The molecule has 0 radical (unpaired) electrons. The molecule has 0 unspecified atom stereocenters. The van der Waals surface area contributed by atoms with Gasteiger partial charge in [0.05, 0.1) is 18.8 Å². The number of carboxylic acid groups (broad SMARTS) is 1. The Morgan fingerprint density at radius 1 is 1.18 bits per heavy atom. The third kappa shape index (κ3) is 4.74. The summed E-state index contributed by atoms with van der Waals surface area (Å²) in [6.07, 6.45) is 4.18. The van der Waals surface area contributed by atoms with Gasteiger partial charge in [0.2, 0.25) is 0 Å². The number of benzene rings is 1. The van der Waals surface area contributed by atoms with Crippen molar-refractivity contribution in [1.29, 1.82) is 0 Å². The molecule has 1 amide bonds.